The molecule has 0 atom stereocenters. The monoisotopic (exact) mass is 1380 g/mol. The molecular formula is C87H81N7O10. The number of nitrogens with one attached hydrogen (secondary N) is 1. The standard InChI is InChI=1S/C30H30N2O4.C29H25N3O2.C28H26N2O4/c1-6-16-36-24-13-14-26-25(18-24)29(23-11-9-22(10-12-23)20(3)4)31-30(33)32(26)19-21-8-15-27(34-5)28(17-21)35-7-2;1-4-16-34-23-12-13-27-25(17-23)28(21-10-8-20(9-11-21)19(2)3)31-29(33)32(27)18-22-6-5-7-26-24(22)14-15-30-26;1-5-14-34-22-11-12-24-23(16-22)27(21-9-7-20(8-10-21)18(2)3)29-28(32)30(24)17-19-6-13-25(31)26(15-19)33-4/h1,8-15,17-18,20H,7,16,19H2,2-5H3;1,5-15,17,19,30H,16,18H2,2-3H3;1,6-13,15-16,18,31H,14,17H2,2-4H3. The molecule has 9 aromatic carbocycles. The maximum atomic E-state index is 13.3. The molecule has 0 aliphatic carbocycles. The lowest BCUT2D eigenvalue weighted by atomic mass is 9.99. The van der Waals surface area contributed by atoms with Gasteiger partial charge in [-0.15, -0.1) is 19.3 Å². The van der Waals surface area contributed by atoms with Crippen molar-refractivity contribution < 1.29 is 33.5 Å². The van der Waals surface area contributed by atoms with Crippen LogP contribution < -0.4 is 45.5 Å². The molecule has 0 spiro atoms. The number of H-pyrrole nitrogens is 1. The summed E-state index contributed by atoms with van der Waals surface area (Å²) in [6.45, 7) is 16.8. The van der Waals surface area contributed by atoms with Gasteiger partial charge in [0.05, 0.1) is 74.1 Å². The van der Waals surface area contributed by atoms with E-state index in [2.05, 4.69) is 116 Å². The summed E-state index contributed by atoms with van der Waals surface area (Å²) in [5, 5.41) is 13.4. The number of aromatic amines is 1. The number of rotatable bonds is 22. The number of terminal acetylenes is 3. The van der Waals surface area contributed by atoms with Gasteiger partial charge in [0.25, 0.3) is 0 Å². The number of hydrogen-bond donors (Lipinski definition) is 2. The number of hydrogen-bond acceptors (Lipinski definition) is 13. The van der Waals surface area contributed by atoms with Crippen LogP contribution >= 0.6 is 0 Å². The van der Waals surface area contributed by atoms with Gasteiger partial charge in [-0.25, -0.2) is 14.4 Å². The lowest BCUT2D eigenvalue weighted by Gasteiger charge is -2.16. The van der Waals surface area contributed by atoms with Crippen molar-refractivity contribution >= 4 is 43.6 Å². The third-order valence-corrected chi connectivity index (χ3v) is 17.8. The second kappa shape index (κ2) is 33.1. The predicted molar refractivity (Wildman–Crippen MR) is 414 cm³/mol. The number of benzene rings is 9. The number of phenolic OH excluding ortho intramolecular Hbond substituents is 1. The van der Waals surface area contributed by atoms with Crippen LogP contribution in [0.3, 0.4) is 0 Å². The van der Waals surface area contributed by atoms with Gasteiger partial charge in [0.15, 0.2) is 23.0 Å². The quantitative estimate of drug-likeness (QED) is 0.0609. The molecule has 13 aromatic rings. The van der Waals surface area contributed by atoms with Gasteiger partial charge in [0.2, 0.25) is 0 Å². The number of aromatic hydroxyl groups is 1. The van der Waals surface area contributed by atoms with Crippen LogP contribution in [0.25, 0.3) is 77.4 Å². The normalized spacial score (nSPS) is 11.0. The minimum absolute atomic E-state index is 0.0390. The molecule has 0 saturated carbocycles. The maximum Gasteiger partial charge on any atom is 0.348 e. The molecule has 0 aliphatic heterocycles. The van der Waals surface area contributed by atoms with Gasteiger partial charge in [0.1, 0.15) is 37.1 Å². The number of fused-ring (bicyclic) bond motifs is 4. The Morgan fingerprint density at radius 2 is 0.827 bits per heavy atom. The van der Waals surface area contributed by atoms with E-state index >= 15 is 0 Å². The third-order valence-electron chi connectivity index (χ3n) is 17.8. The van der Waals surface area contributed by atoms with E-state index in [0.29, 0.717) is 94.5 Å². The Bertz CT molecular complexity index is 5570. The van der Waals surface area contributed by atoms with E-state index in [9.17, 15) is 19.5 Å². The van der Waals surface area contributed by atoms with Gasteiger partial charge in [-0.1, -0.05) is 156 Å². The number of nitrogens with zero attached hydrogens (tertiary/aromatic N) is 6. The maximum absolute atomic E-state index is 13.3. The van der Waals surface area contributed by atoms with E-state index < -0.39 is 0 Å². The summed E-state index contributed by atoms with van der Waals surface area (Å²) in [7, 11) is 3.09. The highest BCUT2D eigenvalue weighted by atomic mass is 16.5. The zero-order chi connectivity index (χ0) is 73.6. The second-order valence-electron chi connectivity index (χ2n) is 25.6. The smallest absolute Gasteiger partial charge is 0.348 e. The van der Waals surface area contributed by atoms with Gasteiger partial charge >= 0.3 is 17.1 Å². The summed E-state index contributed by atoms with van der Waals surface area (Å²) in [5.74, 6) is 12.2. The van der Waals surface area contributed by atoms with E-state index in [4.69, 9.17) is 47.7 Å². The Kier molecular flexibility index (Phi) is 23.1. The van der Waals surface area contributed by atoms with E-state index in [-0.39, 0.29) is 49.2 Å². The van der Waals surface area contributed by atoms with Crippen LogP contribution in [0.4, 0.5) is 0 Å². The van der Waals surface area contributed by atoms with Gasteiger partial charge in [-0.3, -0.25) is 13.7 Å². The molecular weight excluding hydrogens is 1300 g/mol. The molecule has 17 nitrogen and oxygen atoms in total. The molecule has 0 aliphatic rings. The van der Waals surface area contributed by atoms with Crippen LogP contribution in [-0.2, 0) is 19.6 Å². The summed E-state index contributed by atoms with van der Waals surface area (Å²) in [6, 6.07) is 60.0. The highest BCUT2D eigenvalue weighted by molar-refractivity contribution is 5.96. The fourth-order valence-corrected chi connectivity index (χ4v) is 12.4. The van der Waals surface area contributed by atoms with E-state index in [1.807, 2.05) is 141 Å². The molecule has 524 valence electrons. The van der Waals surface area contributed by atoms with Crippen molar-refractivity contribution in [2.24, 2.45) is 0 Å². The van der Waals surface area contributed by atoms with Crippen LogP contribution in [-0.4, -0.2) is 79.4 Å². The van der Waals surface area contributed by atoms with Gasteiger partial charge in [0, 0.05) is 49.9 Å². The molecule has 4 heterocycles. The first-order chi connectivity index (χ1) is 50.4. The predicted octanol–water partition coefficient (Wildman–Crippen LogP) is 16.3. The van der Waals surface area contributed by atoms with Crippen LogP contribution in [0.2, 0.25) is 0 Å². The molecule has 0 fully saturated rings. The molecule has 0 unspecified atom stereocenters. The number of methoxy groups -OCH3 is 2. The number of ether oxygens (including phenoxy) is 6. The van der Waals surface area contributed by atoms with Crippen molar-refractivity contribution in [3.63, 3.8) is 0 Å². The lowest BCUT2D eigenvalue weighted by molar-refractivity contribution is 0.310. The van der Waals surface area contributed by atoms with Crippen molar-refractivity contribution in [1.82, 2.24) is 33.6 Å². The number of aromatic nitrogens is 7. The van der Waals surface area contributed by atoms with Crippen LogP contribution in [0.1, 0.15) is 99.6 Å². The minimum Gasteiger partial charge on any atom is -0.504 e. The molecule has 2 N–H and O–H groups in total. The zero-order valence-corrected chi connectivity index (χ0v) is 59.7. The average Bonchev–Trinajstić information content (AvgIpc) is 0.820. The molecule has 0 bridgehead atoms. The van der Waals surface area contributed by atoms with Crippen LogP contribution in [0.5, 0.6) is 40.2 Å². The fourth-order valence-electron chi connectivity index (χ4n) is 12.4. The molecule has 4 aromatic heterocycles. The Hall–Kier alpha value is -12.8. The molecule has 17 heteroatoms. The summed E-state index contributed by atoms with van der Waals surface area (Å²) >= 11 is 0. The minimum atomic E-state index is -0.375. The molecule has 0 amide bonds. The average molecular weight is 1380 g/mol. The van der Waals surface area contributed by atoms with Gasteiger partial charge in [-0.05, 0) is 149 Å². The van der Waals surface area contributed by atoms with Gasteiger partial charge < -0.3 is 38.5 Å². The zero-order valence-electron chi connectivity index (χ0n) is 59.7. The van der Waals surface area contributed by atoms with E-state index in [1.54, 1.807) is 45.1 Å². The SMILES string of the molecule is C#CCOc1ccc2c(c1)c(-c1ccc(C(C)C)cc1)nc(=O)n2Cc1ccc(O)c(OC)c1.C#CCOc1ccc2c(c1)c(-c1ccc(C(C)C)cc1)nc(=O)n2Cc1ccc(OC)c(OCC)c1.C#CCOc1ccc2c(c1)c(-c1ccc(C(C)C)cc1)nc(=O)n2Cc1cccc2[nH]ccc12. The van der Waals surface area contributed by atoms with Crippen molar-refractivity contribution in [2.45, 2.75) is 85.9 Å². The van der Waals surface area contributed by atoms with Crippen molar-refractivity contribution in [1.29, 1.82) is 0 Å². The summed E-state index contributed by atoms with van der Waals surface area (Å²) in [6.07, 6.45) is 18.0. The van der Waals surface area contributed by atoms with E-state index in [1.165, 1.54) is 23.8 Å². The van der Waals surface area contributed by atoms with Crippen molar-refractivity contribution in [2.75, 3.05) is 40.6 Å². The highest BCUT2D eigenvalue weighted by Gasteiger charge is 2.20. The first-order valence-corrected chi connectivity index (χ1v) is 34.2. The van der Waals surface area contributed by atoms with Crippen molar-refractivity contribution in [3.8, 4) is 111 Å². The summed E-state index contributed by atoms with van der Waals surface area (Å²) in [4.78, 5) is 56.6. The topological polar surface area (TPSA) is 196 Å². The fraction of sp³-hybridized carbons (Fsp3) is 0.218. The van der Waals surface area contributed by atoms with Crippen LogP contribution in [0, 0.1) is 37.0 Å². The Balaban J connectivity index is 0.000000156. The number of phenols is 1. The first-order valence-electron chi connectivity index (χ1n) is 34.2. The van der Waals surface area contributed by atoms with Crippen molar-refractivity contribution in [3.05, 3.63) is 259 Å². The second-order valence-corrected chi connectivity index (χ2v) is 25.6. The van der Waals surface area contributed by atoms with E-state index in [0.717, 1.165) is 71.5 Å². The Morgan fingerprint density at radius 1 is 0.433 bits per heavy atom. The highest BCUT2D eigenvalue weighted by Crippen LogP contribution is 2.36. The lowest BCUT2D eigenvalue weighted by Crippen LogP contribution is -2.24. The third kappa shape index (κ3) is 16.5. The Morgan fingerprint density at radius 3 is 1.21 bits per heavy atom. The molecule has 13 rings (SSSR count). The summed E-state index contributed by atoms with van der Waals surface area (Å²) in [5.41, 5.74) is 13.1. The molecule has 0 saturated heterocycles. The van der Waals surface area contributed by atoms with Crippen LogP contribution in [0.15, 0.2) is 209 Å². The summed E-state index contributed by atoms with van der Waals surface area (Å²) < 4.78 is 38.3. The first kappa shape index (κ1) is 72.5. The van der Waals surface area contributed by atoms with Gasteiger partial charge in [-0.2, -0.15) is 15.0 Å². The Labute approximate surface area is 604 Å². The largest absolute Gasteiger partial charge is 0.504 e. The molecule has 104 heavy (non-hydrogen) atoms. The molecule has 0 radical (unpaired) electrons.